The first-order chi connectivity index (χ1) is 10.6. The van der Waals surface area contributed by atoms with E-state index in [4.69, 9.17) is 13.9 Å². The van der Waals surface area contributed by atoms with Gasteiger partial charge in [0.05, 0.1) is 23.4 Å². The number of furan rings is 1. The third-order valence-corrected chi connectivity index (χ3v) is 4.47. The standard InChI is InChI=1S/C17H13IO4/c1-20-12-6-3-10(4-7-12)16-15(18)13-9-11(17(19)21-2)5-8-14(13)22-16/h3-9H,1-2H3. The van der Waals surface area contributed by atoms with Gasteiger partial charge in [-0.1, -0.05) is 0 Å². The quantitative estimate of drug-likeness (QED) is 0.473. The molecule has 0 bridgehead atoms. The molecule has 5 heteroatoms. The van der Waals surface area contributed by atoms with Crippen LogP contribution in [0.5, 0.6) is 5.75 Å². The summed E-state index contributed by atoms with van der Waals surface area (Å²) in [5, 5.41) is 0.898. The molecule has 0 aliphatic heterocycles. The van der Waals surface area contributed by atoms with Crippen LogP contribution in [0, 0.1) is 3.57 Å². The van der Waals surface area contributed by atoms with Crippen molar-refractivity contribution in [1.29, 1.82) is 0 Å². The maximum Gasteiger partial charge on any atom is 0.337 e. The summed E-state index contributed by atoms with van der Waals surface area (Å²) in [6.45, 7) is 0. The fourth-order valence-corrected chi connectivity index (χ4v) is 3.08. The van der Waals surface area contributed by atoms with Crippen LogP contribution in [0.1, 0.15) is 10.4 Å². The Hall–Kier alpha value is -2.02. The Kier molecular flexibility index (Phi) is 4.06. The number of hydrogen-bond donors (Lipinski definition) is 0. The molecule has 2 aromatic carbocycles. The molecule has 0 aliphatic carbocycles. The lowest BCUT2D eigenvalue weighted by molar-refractivity contribution is 0.0601. The predicted molar refractivity (Wildman–Crippen MR) is 92.3 cm³/mol. The second-order valence-electron chi connectivity index (χ2n) is 4.68. The topological polar surface area (TPSA) is 48.7 Å². The molecule has 0 radical (unpaired) electrons. The van der Waals surface area contributed by atoms with Crippen LogP contribution in [-0.2, 0) is 4.74 Å². The van der Waals surface area contributed by atoms with E-state index >= 15 is 0 Å². The Morgan fingerprint density at radius 2 is 1.82 bits per heavy atom. The lowest BCUT2D eigenvalue weighted by atomic mass is 10.1. The Labute approximate surface area is 141 Å². The van der Waals surface area contributed by atoms with Crippen molar-refractivity contribution >= 4 is 39.5 Å². The fraction of sp³-hybridized carbons (Fsp3) is 0.118. The van der Waals surface area contributed by atoms with Gasteiger partial charge in [0.25, 0.3) is 0 Å². The molecule has 3 aromatic rings. The molecule has 0 fully saturated rings. The van der Waals surface area contributed by atoms with Gasteiger partial charge in [0.2, 0.25) is 0 Å². The van der Waals surface area contributed by atoms with E-state index in [-0.39, 0.29) is 5.97 Å². The SMILES string of the molecule is COC(=O)c1ccc2oc(-c3ccc(OC)cc3)c(I)c2c1. The first-order valence-corrected chi connectivity index (χ1v) is 7.66. The number of halogens is 1. The van der Waals surface area contributed by atoms with E-state index in [9.17, 15) is 4.79 Å². The van der Waals surface area contributed by atoms with Crippen LogP contribution in [-0.4, -0.2) is 20.2 Å². The van der Waals surface area contributed by atoms with Crippen molar-refractivity contribution in [3.63, 3.8) is 0 Å². The maximum atomic E-state index is 11.6. The number of hydrogen-bond acceptors (Lipinski definition) is 4. The van der Waals surface area contributed by atoms with Gasteiger partial charge < -0.3 is 13.9 Å². The number of rotatable bonds is 3. The van der Waals surface area contributed by atoms with E-state index in [0.29, 0.717) is 5.56 Å². The minimum atomic E-state index is -0.357. The average molecular weight is 408 g/mol. The summed E-state index contributed by atoms with van der Waals surface area (Å²) < 4.78 is 16.8. The number of ether oxygens (including phenoxy) is 2. The van der Waals surface area contributed by atoms with Crippen LogP contribution >= 0.6 is 22.6 Å². The van der Waals surface area contributed by atoms with E-state index in [0.717, 1.165) is 31.6 Å². The Balaban J connectivity index is 2.10. The number of carbonyl (C=O) groups excluding carboxylic acids is 1. The summed E-state index contributed by atoms with van der Waals surface area (Å²) in [6.07, 6.45) is 0. The molecule has 0 spiro atoms. The van der Waals surface area contributed by atoms with Gasteiger partial charge in [-0.3, -0.25) is 0 Å². The molecule has 0 saturated heterocycles. The zero-order valence-corrected chi connectivity index (χ0v) is 14.2. The molecule has 0 N–H and O–H groups in total. The van der Waals surface area contributed by atoms with Gasteiger partial charge in [-0.05, 0) is 65.1 Å². The second kappa shape index (κ2) is 6.00. The summed E-state index contributed by atoms with van der Waals surface area (Å²) in [5.74, 6) is 1.22. The third-order valence-electron chi connectivity index (χ3n) is 3.40. The Morgan fingerprint density at radius 1 is 1.09 bits per heavy atom. The first-order valence-electron chi connectivity index (χ1n) is 6.59. The van der Waals surface area contributed by atoms with E-state index < -0.39 is 0 Å². The van der Waals surface area contributed by atoms with Gasteiger partial charge in [0.1, 0.15) is 17.1 Å². The summed E-state index contributed by atoms with van der Waals surface area (Å²) in [6, 6.07) is 12.9. The lowest BCUT2D eigenvalue weighted by Gasteiger charge is -2.01. The molecule has 1 heterocycles. The van der Waals surface area contributed by atoms with E-state index in [1.807, 2.05) is 24.3 Å². The molecule has 0 atom stereocenters. The molecule has 0 aliphatic rings. The van der Waals surface area contributed by atoms with Crippen LogP contribution in [0.2, 0.25) is 0 Å². The van der Waals surface area contributed by atoms with Crippen molar-refractivity contribution < 1.29 is 18.7 Å². The molecular weight excluding hydrogens is 395 g/mol. The Bertz CT molecular complexity index is 834. The summed E-state index contributed by atoms with van der Waals surface area (Å²) in [7, 11) is 3.00. The van der Waals surface area contributed by atoms with Gasteiger partial charge in [-0.25, -0.2) is 4.79 Å². The monoisotopic (exact) mass is 408 g/mol. The smallest absolute Gasteiger partial charge is 0.337 e. The minimum Gasteiger partial charge on any atom is -0.497 e. The number of carbonyl (C=O) groups is 1. The van der Waals surface area contributed by atoms with E-state index in [1.165, 1.54) is 7.11 Å². The second-order valence-corrected chi connectivity index (χ2v) is 5.75. The number of benzene rings is 2. The molecule has 0 unspecified atom stereocenters. The van der Waals surface area contributed by atoms with E-state index in [1.54, 1.807) is 25.3 Å². The number of fused-ring (bicyclic) bond motifs is 1. The fourth-order valence-electron chi connectivity index (χ4n) is 2.24. The lowest BCUT2D eigenvalue weighted by Crippen LogP contribution is -2.00. The van der Waals surface area contributed by atoms with E-state index in [2.05, 4.69) is 22.6 Å². The molecular formula is C17H13IO4. The van der Waals surface area contributed by atoms with Gasteiger partial charge >= 0.3 is 5.97 Å². The van der Waals surface area contributed by atoms with Gasteiger partial charge in [0, 0.05) is 10.9 Å². The van der Waals surface area contributed by atoms with Crippen LogP contribution in [0.15, 0.2) is 46.9 Å². The number of methoxy groups -OCH3 is 2. The molecule has 3 rings (SSSR count). The van der Waals surface area contributed by atoms with Crippen molar-refractivity contribution in [2.24, 2.45) is 0 Å². The molecule has 1 aromatic heterocycles. The van der Waals surface area contributed by atoms with Crippen LogP contribution < -0.4 is 4.74 Å². The van der Waals surface area contributed by atoms with Gasteiger partial charge in [0.15, 0.2) is 0 Å². The Morgan fingerprint density at radius 3 is 2.45 bits per heavy atom. The normalized spacial score (nSPS) is 10.7. The highest BCUT2D eigenvalue weighted by Gasteiger charge is 2.16. The maximum absolute atomic E-state index is 11.6. The van der Waals surface area contributed by atoms with Crippen LogP contribution in [0.4, 0.5) is 0 Å². The minimum absolute atomic E-state index is 0.357. The average Bonchev–Trinajstić information content (AvgIpc) is 2.90. The third kappa shape index (κ3) is 2.56. The summed E-state index contributed by atoms with van der Waals surface area (Å²) >= 11 is 2.23. The van der Waals surface area contributed by atoms with Gasteiger partial charge in [-0.2, -0.15) is 0 Å². The summed E-state index contributed by atoms with van der Waals surface area (Å²) in [5.41, 5.74) is 2.21. The molecule has 0 amide bonds. The molecule has 0 saturated carbocycles. The first kappa shape index (κ1) is 14.9. The van der Waals surface area contributed by atoms with Crippen molar-refractivity contribution in [2.45, 2.75) is 0 Å². The molecule has 112 valence electrons. The zero-order valence-electron chi connectivity index (χ0n) is 12.1. The highest BCUT2D eigenvalue weighted by atomic mass is 127. The van der Waals surface area contributed by atoms with Crippen LogP contribution in [0.3, 0.4) is 0 Å². The van der Waals surface area contributed by atoms with Crippen molar-refractivity contribution in [1.82, 2.24) is 0 Å². The highest BCUT2D eigenvalue weighted by molar-refractivity contribution is 14.1. The largest absolute Gasteiger partial charge is 0.497 e. The zero-order chi connectivity index (χ0) is 15.7. The van der Waals surface area contributed by atoms with Crippen molar-refractivity contribution in [3.05, 3.63) is 51.6 Å². The van der Waals surface area contributed by atoms with Crippen LogP contribution in [0.25, 0.3) is 22.3 Å². The highest BCUT2D eigenvalue weighted by Crippen LogP contribution is 2.35. The predicted octanol–water partition coefficient (Wildman–Crippen LogP) is 4.50. The number of esters is 1. The van der Waals surface area contributed by atoms with Crippen molar-refractivity contribution in [2.75, 3.05) is 14.2 Å². The molecule has 22 heavy (non-hydrogen) atoms. The molecule has 4 nitrogen and oxygen atoms in total. The summed E-state index contributed by atoms with van der Waals surface area (Å²) in [4.78, 5) is 11.6. The van der Waals surface area contributed by atoms with Gasteiger partial charge in [-0.15, -0.1) is 0 Å². The van der Waals surface area contributed by atoms with Crippen molar-refractivity contribution in [3.8, 4) is 17.1 Å².